The Kier molecular flexibility index (Phi) is 7.44. The van der Waals surface area contributed by atoms with Crippen molar-refractivity contribution in [3.05, 3.63) is 35.4 Å². The van der Waals surface area contributed by atoms with Crippen molar-refractivity contribution in [1.82, 2.24) is 10.2 Å². The van der Waals surface area contributed by atoms with E-state index in [-0.39, 0.29) is 12.4 Å². The lowest BCUT2D eigenvalue weighted by atomic mass is 10.0. The molecule has 0 unspecified atom stereocenters. The summed E-state index contributed by atoms with van der Waals surface area (Å²) in [5.74, 6) is 0. The third kappa shape index (κ3) is 4.79. The molecule has 1 saturated heterocycles. The molecule has 2 nitrogen and oxygen atoms in total. The van der Waals surface area contributed by atoms with Crippen LogP contribution in [-0.4, -0.2) is 30.6 Å². The zero-order valence-corrected chi connectivity index (χ0v) is 13.0. The SMILES string of the molecule is CCCN(Cc1ccccc1C)C1CCNCC1.Cl. The number of benzene rings is 1. The maximum Gasteiger partial charge on any atom is 0.0239 e. The molecule has 0 radical (unpaired) electrons. The average Bonchev–Trinajstić information content (AvgIpc) is 2.42. The van der Waals surface area contributed by atoms with Crippen LogP contribution in [0.5, 0.6) is 0 Å². The summed E-state index contributed by atoms with van der Waals surface area (Å²) in [5, 5.41) is 3.46. The molecule has 1 aromatic rings. The van der Waals surface area contributed by atoms with E-state index in [9.17, 15) is 0 Å². The average molecular weight is 283 g/mol. The fraction of sp³-hybridized carbons (Fsp3) is 0.625. The summed E-state index contributed by atoms with van der Waals surface area (Å²) in [6.45, 7) is 9.20. The van der Waals surface area contributed by atoms with Gasteiger partial charge in [-0.15, -0.1) is 12.4 Å². The summed E-state index contributed by atoms with van der Waals surface area (Å²) in [7, 11) is 0. The maximum absolute atomic E-state index is 3.46. The smallest absolute Gasteiger partial charge is 0.0239 e. The van der Waals surface area contributed by atoms with Crippen LogP contribution in [0.4, 0.5) is 0 Å². The van der Waals surface area contributed by atoms with Crippen molar-refractivity contribution in [2.75, 3.05) is 19.6 Å². The van der Waals surface area contributed by atoms with E-state index in [0.717, 1.165) is 12.6 Å². The molecule has 1 N–H and O–H groups in total. The summed E-state index contributed by atoms with van der Waals surface area (Å²) >= 11 is 0. The van der Waals surface area contributed by atoms with Gasteiger partial charge in [0.15, 0.2) is 0 Å². The second-order valence-corrected chi connectivity index (χ2v) is 5.38. The molecule has 108 valence electrons. The molecule has 1 aliphatic rings. The molecule has 1 heterocycles. The Morgan fingerprint density at radius 2 is 1.89 bits per heavy atom. The lowest BCUT2D eigenvalue weighted by Gasteiger charge is -2.34. The van der Waals surface area contributed by atoms with Crippen LogP contribution in [0.25, 0.3) is 0 Å². The number of aryl methyl sites for hydroxylation is 1. The van der Waals surface area contributed by atoms with Crippen molar-refractivity contribution in [2.24, 2.45) is 0 Å². The molecular weight excluding hydrogens is 256 g/mol. The number of hydrogen-bond acceptors (Lipinski definition) is 2. The van der Waals surface area contributed by atoms with E-state index >= 15 is 0 Å². The van der Waals surface area contributed by atoms with Gasteiger partial charge < -0.3 is 5.32 Å². The monoisotopic (exact) mass is 282 g/mol. The van der Waals surface area contributed by atoms with E-state index in [2.05, 4.69) is 48.3 Å². The fourth-order valence-electron chi connectivity index (χ4n) is 2.86. The molecule has 0 spiro atoms. The molecule has 0 bridgehead atoms. The molecule has 3 heteroatoms. The highest BCUT2D eigenvalue weighted by Crippen LogP contribution is 2.18. The minimum atomic E-state index is 0. The number of halogens is 1. The Balaban J connectivity index is 0.00000180. The van der Waals surface area contributed by atoms with E-state index in [1.165, 1.54) is 50.0 Å². The van der Waals surface area contributed by atoms with Gasteiger partial charge in [-0.1, -0.05) is 31.2 Å². The second-order valence-electron chi connectivity index (χ2n) is 5.38. The molecule has 19 heavy (non-hydrogen) atoms. The zero-order valence-electron chi connectivity index (χ0n) is 12.2. The first kappa shape index (κ1) is 16.5. The van der Waals surface area contributed by atoms with E-state index in [4.69, 9.17) is 0 Å². The van der Waals surface area contributed by atoms with Gasteiger partial charge in [-0.25, -0.2) is 0 Å². The Morgan fingerprint density at radius 1 is 1.21 bits per heavy atom. The van der Waals surface area contributed by atoms with Gasteiger partial charge in [0, 0.05) is 12.6 Å². The minimum absolute atomic E-state index is 0. The van der Waals surface area contributed by atoms with E-state index in [1.807, 2.05) is 0 Å². The van der Waals surface area contributed by atoms with E-state index < -0.39 is 0 Å². The lowest BCUT2D eigenvalue weighted by Crippen LogP contribution is -2.43. The van der Waals surface area contributed by atoms with Gasteiger partial charge in [0.1, 0.15) is 0 Å². The number of piperidine rings is 1. The summed E-state index contributed by atoms with van der Waals surface area (Å²) in [5.41, 5.74) is 2.91. The van der Waals surface area contributed by atoms with Gasteiger partial charge in [0.25, 0.3) is 0 Å². The highest BCUT2D eigenvalue weighted by molar-refractivity contribution is 5.85. The second kappa shape index (κ2) is 8.57. The van der Waals surface area contributed by atoms with Gasteiger partial charge in [-0.2, -0.15) is 0 Å². The van der Waals surface area contributed by atoms with Crippen molar-refractivity contribution in [1.29, 1.82) is 0 Å². The Morgan fingerprint density at radius 3 is 2.53 bits per heavy atom. The quantitative estimate of drug-likeness (QED) is 0.891. The van der Waals surface area contributed by atoms with Crippen LogP contribution in [-0.2, 0) is 6.54 Å². The van der Waals surface area contributed by atoms with Crippen LogP contribution in [0.1, 0.15) is 37.3 Å². The van der Waals surface area contributed by atoms with Crippen molar-refractivity contribution < 1.29 is 0 Å². The van der Waals surface area contributed by atoms with E-state index in [0.29, 0.717) is 0 Å². The first-order valence-electron chi connectivity index (χ1n) is 7.30. The topological polar surface area (TPSA) is 15.3 Å². The van der Waals surface area contributed by atoms with Crippen molar-refractivity contribution >= 4 is 12.4 Å². The lowest BCUT2D eigenvalue weighted by molar-refractivity contribution is 0.154. The van der Waals surface area contributed by atoms with Gasteiger partial charge in [-0.05, 0) is 56.9 Å². The standard InChI is InChI=1S/C16H26N2.ClH/c1-3-12-18(16-8-10-17-11-9-16)13-15-7-5-4-6-14(15)2;/h4-7,16-17H,3,8-13H2,1-2H3;1H. The number of hydrogen-bond donors (Lipinski definition) is 1. The van der Waals surface area contributed by atoms with Crippen LogP contribution in [0.3, 0.4) is 0 Å². The molecule has 0 saturated carbocycles. The first-order valence-corrected chi connectivity index (χ1v) is 7.30. The minimum Gasteiger partial charge on any atom is -0.317 e. The molecule has 0 aromatic heterocycles. The molecule has 0 amide bonds. The van der Waals surface area contributed by atoms with Crippen LogP contribution >= 0.6 is 12.4 Å². The van der Waals surface area contributed by atoms with Gasteiger partial charge in [0.05, 0.1) is 0 Å². The predicted octanol–water partition coefficient (Wildman–Crippen LogP) is 3.38. The molecule has 1 aromatic carbocycles. The van der Waals surface area contributed by atoms with E-state index in [1.54, 1.807) is 0 Å². The summed E-state index contributed by atoms with van der Waals surface area (Å²) in [4.78, 5) is 2.68. The molecule has 0 atom stereocenters. The zero-order chi connectivity index (χ0) is 12.8. The largest absolute Gasteiger partial charge is 0.317 e. The third-order valence-electron chi connectivity index (χ3n) is 3.97. The summed E-state index contributed by atoms with van der Waals surface area (Å²) < 4.78 is 0. The van der Waals surface area contributed by atoms with Crippen molar-refractivity contribution in [2.45, 2.75) is 45.7 Å². The van der Waals surface area contributed by atoms with Crippen LogP contribution in [0, 0.1) is 6.92 Å². The number of rotatable bonds is 5. The third-order valence-corrected chi connectivity index (χ3v) is 3.97. The summed E-state index contributed by atoms with van der Waals surface area (Å²) in [6.07, 6.45) is 3.84. The Bertz CT molecular complexity index is 362. The fourth-order valence-corrected chi connectivity index (χ4v) is 2.86. The molecular formula is C16H27ClN2. The molecule has 0 aliphatic carbocycles. The van der Waals surface area contributed by atoms with Crippen molar-refractivity contribution in [3.63, 3.8) is 0 Å². The van der Waals surface area contributed by atoms with Crippen LogP contribution < -0.4 is 5.32 Å². The van der Waals surface area contributed by atoms with Crippen LogP contribution in [0.15, 0.2) is 24.3 Å². The number of nitrogens with one attached hydrogen (secondary N) is 1. The van der Waals surface area contributed by atoms with Crippen LogP contribution in [0.2, 0.25) is 0 Å². The Hall–Kier alpha value is -0.570. The highest BCUT2D eigenvalue weighted by Gasteiger charge is 2.20. The van der Waals surface area contributed by atoms with Gasteiger partial charge in [-0.3, -0.25) is 4.90 Å². The van der Waals surface area contributed by atoms with Gasteiger partial charge >= 0.3 is 0 Å². The Labute approximate surface area is 124 Å². The predicted molar refractivity (Wildman–Crippen MR) is 85.0 cm³/mol. The number of nitrogens with zero attached hydrogens (tertiary/aromatic N) is 1. The normalized spacial score (nSPS) is 16.4. The van der Waals surface area contributed by atoms with Gasteiger partial charge in [0.2, 0.25) is 0 Å². The molecule has 1 fully saturated rings. The van der Waals surface area contributed by atoms with Crippen molar-refractivity contribution in [3.8, 4) is 0 Å². The summed E-state index contributed by atoms with van der Waals surface area (Å²) in [6, 6.07) is 9.56. The molecule has 2 rings (SSSR count). The first-order chi connectivity index (χ1) is 8.81. The maximum atomic E-state index is 3.46. The molecule has 1 aliphatic heterocycles. The highest BCUT2D eigenvalue weighted by atomic mass is 35.5.